The number of nitrogens with one attached hydrogen (secondary N) is 1. The Bertz CT molecular complexity index is 1160. The Morgan fingerprint density at radius 1 is 1.06 bits per heavy atom. The summed E-state index contributed by atoms with van der Waals surface area (Å²) < 4.78 is 0. The molecule has 2 aromatic carbocycles. The molecule has 6 heteroatoms. The maximum Gasteiger partial charge on any atom is 0.247 e. The molecular weight excluding hydrogens is 430 g/mol. The topological polar surface area (TPSA) is 62.3 Å². The maximum atomic E-state index is 13.9. The Balaban J connectivity index is 1.60. The minimum Gasteiger partial charge on any atom is -0.351 e. The summed E-state index contributed by atoms with van der Waals surface area (Å²) in [5, 5.41) is 5.04. The van der Waals surface area contributed by atoms with E-state index in [-0.39, 0.29) is 29.7 Å². The van der Waals surface area contributed by atoms with Crippen molar-refractivity contribution in [3.8, 4) is 0 Å². The third-order valence-corrected chi connectivity index (χ3v) is 7.80. The third kappa shape index (κ3) is 4.49. The fourth-order valence-corrected chi connectivity index (χ4v) is 5.96. The van der Waals surface area contributed by atoms with Gasteiger partial charge in [0, 0.05) is 17.0 Å². The lowest BCUT2D eigenvalue weighted by molar-refractivity contribution is -0.141. The molecule has 0 bridgehead atoms. The Kier molecular flexibility index (Phi) is 6.36. The number of thioether (sulfide) groups is 1. The summed E-state index contributed by atoms with van der Waals surface area (Å²) in [6.07, 6.45) is 5.49. The van der Waals surface area contributed by atoms with Crippen molar-refractivity contribution in [3.05, 3.63) is 71.8 Å². The van der Waals surface area contributed by atoms with Crippen LogP contribution in [0.4, 0.5) is 0 Å². The number of benzene rings is 2. The summed E-state index contributed by atoms with van der Waals surface area (Å²) in [6.45, 7) is 2.01. The Labute approximate surface area is 199 Å². The fraction of sp³-hybridized carbons (Fsp3) is 0.370. The molecule has 3 aromatic rings. The van der Waals surface area contributed by atoms with Gasteiger partial charge in [-0.1, -0.05) is 79.6 Å². The smallest absolute Gasteiger partial charge is 0.247 e. The average molecular weight is 460 g/mol. The molecule has 2 aliphatic rings. The van der Waals surface area contributed by atoms with E-state index in [4.69, 9.17) is 4.98 Å². The lowest BCUT2D eigenvalue weighted by Crippen LogP contribution is -2.47. The third-order valence-electron chi connectivity index (χ3n) is 6.81. The molecule has 1 fully saturated rings. The Hall–Kier alpha value is -2.86. The zero-order valence-corrected chi connectivity index (χ0v) is 19.7. The van der Waals surface area contributed by atoms with Crippen LogP contribution in [0.3, 0.4) is 0 Å². The van der Waals surface area contributed by atoms with E-state index >= 15 is 0 Å². The van der Waals surface area contributed by atoms with Crippen molar-refractivity contribution in [1.29, 1.82) is 0 Å². The second-order valence-corrected chi connectivity index (χ2v) is 9.96. The van der Waals surface area contributed by atoms with Gasteiger partial charge in [0.15, 0.2) is 0 Å². The second kappa shape index (κ2) is 9.56. The highest BCUT2D eigenvalue weighted by Gasteiger charge is 2.40. The van der Waals surface area contributed by atoms with E-state index in [1.807, 2.05) is 61.5 Å². The first-order chi connectivity index (χ1) is 16.1. The van der Waals surface area contributed by atoms with Crippen LogP contribution in [0.25, 0.3) is 10.9 Å². The predicted octanol–water partition coefficient (Wildman–Crippen LogP) is 5.42. The van der Waals surface area contributed by atoms with E-state index in [9.17, 15) is 9.59 Å². The molecule has 5 rings (SSSR count). The van der Waals surface area contributed by atoms with Crippen molar-refractivity contribution in [3.63, 3.8) is 0 Å². The Morgan fingerprint density at radius 2 is 1.79 bits per heavy atom. The second-order valence-electron chi connectivity index (χ2n) is 9.00. The van der Waals surface area contributed by atoms with Crippen LogP contribution in [0.1, 0.15) is 62.2 Å². The minimum absolute atomic E-state index is 0.0396. The number of amides is 2. The van der Waals surface area contributed by atoms with Crippen molar-refractivity contribution < 1.29 is 9.59 Å². The first-order valence-electron chi connectivity index (χ1n) is 11.8. The van der Waals surface area contributed by atoms with Gasteiger partial charge in [-0.2, -0.15) is 0 Å². The van der Waals surface area contributed by atoms with Gasteiger partial charge < -0.3 is 10.2 Å². The highest BCUT2D eigenvalue weighted by atomic mass is 32.2. The number of carbonyl (C=O) groups is 2. The van der Waals surface area contributed by atoms with Crippen LogP contribution in [-0.4, -0.2) is 33.5 Å². The van der Waals surface area contributed by atoms with Gasteiger partial charge in [0.05, 0.1) is 17.3 Å². The van der Waals surface area contributed by atoms with Crippen molar-refractivity contribution >= 4 is 34.5 Å². The number of hydrogen-bond acceptors (Lipinski definition) is 4. The molecule has 0 radical (unpaired) electrons. The number of fused-ring (bicyclic) bond motifs is 2. The summed E-state index contributed by atoms with van der Waals surface area (Å²) in [4.78, 5) is 34.0. The first-order valence-corrected chi connectivity index (χ1v) is 12.8. The fourth-order valence-electron chi connectivity index (χ4n) is 5.05. The maximum absolute atomic E-state index is 13.9. The van der Waals surface area contributed by atoms with E-state index in [0.717, 1.165) is 52.7 Å². The number of pyridine rings is 1. The zero-order valence-electron chi connectivity index (χ0n) is 18.9. The SMILES string of the molecule is CC(c1ccccc1)N1C(=O)CSc2nc3ccccc3cc2C1C(=O)NC1CCCCC1. The van der Waals surface area contributed by atoms with Gasteiger partial charge in [0.2, 0.25) is 11.8 Å². The van der Waals surface area contributed by atoms with E-state index in [1.165, 1.54) is 18.2 Å². The lowest BCUT2D eigenvalue weighted by atomic mass is 9.94. The van der Waals surface area contributed by atoms with Crippen LogP contribution in [0.15, 0.2) is 65.7 Å². The molecular formula is C27H29N3O2S. The molecule has 1 aliphatic carbocycles. The highest BCUT2D eigenvalue weighted by molar-refractivity contribution is 8.00. The van der Waals surface area contributed by atoms with Gasteiger partial charge in [-0.15, -0.1) is 0 Å². The molecule has 5 nitrogen and oxygen atoms in total. The first kappa shape index (κ1) is 22.0. The number of aromatic nitrogens is 1. The van der Waals surface area contributed by atoms with Crippen LogP contribution < -0.4 is 5.32 Å². The van der Waals surface area contributed by atoms with Crippen LogP contribution in [-0.2, 0) is 9.59 Å². The summed E-state index contributed by atoms with van der Waals surface area (Å²) >= 11 is 1.43. The van der Waals surface area contributed by atoms with Crippen molar-refractivity contribution in [2.75, 3.05) is 5.75 Å². The standard InChI is InChI=1S/C27H29N3O2S/c1-18(19-10-4-2-5-11-19)30-24(31)17-33-27-22(16-20-12-8-9-15-23(20)29-27)25(30)26(32)28-21-13-6-3-7-14-21/h2,4-5,8-12,15-16,18,21,25H,3,6-7,13-14,17H2,1H3,(H,28,32). The molecule has 0 saturated heterocycles. The van der Waals surface area contributed by atoms with E-state index in [2.05, 4.69) is 11.4 Å². The normalized spacial score (nSPS) is 20.2. The molecule has 1 aliphatic heterocycles. The largest absolute Gasteiger partial charge is 0.351 e. The number of para-hydroxylation sites is 1. The number of hydrogen-bond donors (Lipinski definition) is 1. The van der Waals surface area contributed by atoms with Gasteiger partial charge in [-0.05, 0) is 37.5 Å². The summed E-state index contributed by atoms with van der Waals surface area (Å²) in [7, 11) is 0. The summed E-state index contributed by atoms with van der Waals surface area (Å²) in [5.74, 6) is 0.129. The number of carbonyl (C=O) groups excluding carboxylic acids is 2. The summed E-state index contributed by atoms with van der Waals surface area (Å²) in [6, 6.07) is 19.2. The molecule has 0 spiro atoms. The minimum atomic E-state index is -0.711. The van der Waals surface area contributed by atoms with Crippen molar-refractivity contribution in [1.82, 2.24) is 15.2 Å². The molecule has 170 valence electrons. The highest BCUT2D eigenvalue weighted by Crippen LogP contribution is 2.40. The van der Waals surface area contributed by atoms with E-state index < -0.39 is 6.04 Å². The molecule has 2 heterocycles. The van der Waals surface area contributed by atoms with E-state index in [0.29, 0.717) is 0 Å². The molecule has 1 saturated carbocycles. The van der Waals surface area contributed by atoms with E-state index in [1.54, 1.807) is 4.90 Å². The van der Waals surface area contributed by atoms with Crippen LogP contribution in [0.5, 0.6) is 0 Å². The number of rotatable bonds is 4. The van der Waals surface area contributed by atoms with Gasteiger partial charge in [-0.25, -0.2) is 4.98 Å². The molecule has 2 unspecified atom stereocenters. The van der Waals surface area contributed by atoms with Crippen LogP contribution in [0, 0.1) is 0 Å². The van der Waals surface area contributed by atoms with Crippen molar-refractivity contribution in [2.24, 2.45) is 0 Å². The van der Waals surface area contributed by atoms with Crippen LogP contribution >= 0.6 is 11.8 Å². The summed E-state index contributed by atoms with van der Waals surface area (Å²) in [5.41, 5.74) is 2.72. The van der Waals surface area contributed by atoms with Gasteiger partial charge in [-0.3, -0.25) is 9.59 Å². The van der Waals surface area contributed by atoms with Gasteiger partial charge >= 0.3 is 0 Å². The lowest BCUT2D eigenvalue weighted by Gasteiger charge is -2.36. The zero-order chi connectivity index (χ0) is 22.8. The quantitative estimate of drug-likeness (QED) is 0.566. The van der Waals surface area contributed by atoms with Crippen LogP contribution in [0.2, 0.25) is 0 Å². The monoisotopic (exact) mass is 459 g/mol. The van der Waals surface area contributed by atoms with Gasteiger partial charge in [0.1, 0.15) is 11.1 Å². The molecule has 33 heavy (non-hydrogen) atoms. The van der Waals surface area contributed by atoms with Gasteiger partial charge in [0.25, 0.3) is 0 Å². The predicted molar refractivity (Wildman–Crippen MR) is 132 cm³/mol. The molecule has 1 N–H and O–H groups in total. The number of nitrogens with zero attached hydrogens (tertiary/aromatic N) is 2. The molecule has 1 aromatic heterocycles. The molecule has 2 amide bonds. The molecule has 2 atom stereocenters. The Morgan fingerprint density at radius 3 is 2.58 bits per heavy atom. The average Bonchev–Trinajstić information content (AvgIpc) is 2.99. The van der Waals surface area contributed by atoms with Crippen molar-refractivity contribution in [2.45, 2.75) is 62.2 Å².